The number of aliphatic carboxylic acids is 1. The Hall–Kier alpha value is -1.57. The van der Waals surface area contributed by atoms with Gasteiger partial charge in [-0.25, -0.2) is 8.42 Å². The summed E-state index contributed by atoms with van der Waals surface area (Å²) >= 11 is 0. The zero-order chi connectivity index (χ0) is 14.7. The van der Waals surface area contributed by atoms with Gasteiger partial charge in [0.15, 0.2) is 0 Å². The van der Waals surface area contributed by atoms with Gasteiger partial charge in [-0.15, -0.1) is 0 Å². The van der Waals surface area contributed by atoms with Crippen molar-refractivity contribution in [3.8, 4) is 0 Å². The van der Waals surface area contributed by atoms with Crippen LogP contribution >= 0.6 is 0 Å². The van der Waals surface area contributed by atoms with Crippen molar-refractivity contribution in [3.63, 3.8) is 0 Å². The van der Waals surface area contributed by atoms with E-state index in [0.29, 0.717) is 0 Å². The molecule has 0 bridgehead atoms. The Balaban J connectivity index is 3.18. The van der Waals surface area contributed by atoms with Gasteiger partial charge < -0.3 is 5.11 Å². The van der Waals surface area contributed by atoms with Gasteiger partial charge in [0.2, 0.25) is 0 Å². The zero-order valence-corrected chi connectivity index (χ0v) is 10.4. The molecule has 0 spiro atoms. The van der Waals surface area contributed by atoms with Crippen LogP contribution < -0.4 is 0 Å². The van der Waals surface area contributed by atoms with E-state index in [0.717, 1.165) is 0 Å². The van der Waals surface area contributed by atoms with Crippen LogP contribution in [0.4, 0.5) is 13.2 Å². The third-order valence-electron chi connectivity index (χ3n) is 2.49. The Bertz CT molecular complexity index is 537. The molecule has 1 rings (SSSR count). The lowest BCUT2D eigenvalue weighted by Crippen LogP contribution is -2.29. The second-order valence-corrected chi connectivity index (χ2v) is 5.94. The molecule has 19 heavy (non-hydrogen) atoms. The summed E-state index contributed by atoms with van der Waals surface area (Å²) in [6.07, 6.45) is -1.28. The van der Waals surface area contributed by atoms with E-state index in [9.17, 15) is 26.4 Å². The molecule has 1 aromatic rings. The van der Waals surface area contributed by atoms with E-state index in [1.165, 1.54) is 30.3 Å². The number of benzene rings is 1. The summed E-state index contributed by atoms with van der Waals surface area (Å²) < 4.78 is 60.6. The van der Waals surface area contributed by atoms with Crippen LogP contribution in [0.2, 0.25) is 0 Å². The second-order valence-electron chi connectivity index (χ2n) is 3.82. The predicted octanol–water partition coefficient (Wildman–Crippen LogP) is 2.53. The number of hydrogen-bond acceptors (Lipinski definition) is 3. The predicted molar refractivity (Wildman–Crippen MR) is 61.0 cm³/mol. The Morgan fingerprint density at radius 1 is 1.21 bits per heavy atom. The fourth-order valence-electron chi connectivity index (χ4n) is 1.58. The van der Waals surface area contributed by atoms with Crippen LogP contribution in [-0.2, 0) is 14.6 Å². The molecule has 0 unspecified atom stereocenters. The minimum absolute atomic E-state index is 0.0684. The van der Waals surface area contributed by atoms with Gasteiger partial charge in [0, 0.05) is 6.42 Å². The molecule has 4 nitrogen and oxygen atoms in total. The molecular formula is C11H11F3O4S. The van der Waals surface area contributed by atoms with Crippen molar-refractivity contribution in [2.24, 2.45) is 0 Å². The zero-order valence-electron chi connectivity index (χ0n) is 9.59. The third kappa shape index (κ3) is 3.69. The van der Waals surface area contributed by atoms with Gasteiger partial charge in [-0.2, -0.15) is 13.2 Å². The average Bonchev–Trinajstić information content (AvgIpc) is 2.28. The van der Waals surface area contributed by atoms with Crippen LogP contribution in [0.15, 0.2) is 30.3 Å². The fraction of sp³-hybridized carbons (Fsp3) is 0.364. The highest BCUT2D eigenvalue weighted by atomic mass is 32.2. The minimum atomic E-state index is -5.45. The topological polar surface area (TPSA) is 71.4 Å². The molecule has 0 aliphatic heterocycles. The molecule has 106 valence electrons. The van der Waals surface area contributed by atoms with Gasteiger partial charge in [-0.3, -0.25) is 4.79 Å². The Morgan fingerprint density at radius 2 is 1.74 bits per heavy atom. The summed E-state index contributed by atoms with van der Waals surface area (Å²) in [6, 6.07) is 6.79. The molecular weight excluding hydrogens is 285 g/mol. The summed E-state index contributed by atoms with van der Waals surface area (Å²) in [5.41, 5.74) is -5.48. The van der Waals surface area contributed by atoms with Crippen molar-refractivity contribution in [1.29, 1.82) is 0 Å². The van der Waals surface area contributed by atoms with Crippen molar-refractivity contribution in [1.82, 2.24) is 0 Å². The van der Waals surface area contributed by atoms with E-state index >= 15 is 0 Å². The SMILES string of the molecule is O=C(O)CC[C@H](c1ccccc1)S(=O)(=O)C(F)(F)F. The van der Waals surface area contributed by atoms with E-state index in [-0.39, 0.29) is 5.56 Å². The highest BCUT2D eigenvalue weighted by Gasteiger charge is 2.50. The Kier molecular flexibility index (Phi) is 4.56. The van der Waals surface area contributed by atoms with Crippen LogP contribution in [-0.4, -0.2) is 25.0 Å². The summed E-state index contributed by atoms with van der Waals surface area (Å²) in [5.74, 6) is -1.35. The van der Waals surface area contributed by atoms with Gasteiger partial charge in [-0.1, -0.05) is 30.3 Å². The number of sulfone groups is 1. The maximum atomic E-state index is 12.6. The van der Waals surface area contributed by atoms with Gasteiger partial charge >= 0.3 is 11.5 Å². The number of alkyl halides is 3. The molecule has 0 amide bonds. The fourth-order valence-corrected chi connectivity index (χ4v) is 2.85. The summed E-state index contributed by atoms with van der Waals surface area (Å²) in [6.45, 7) is 0. The van der Waals surface area contributed by atoms with Crippen LogP contribution in [0.25, 0.3) is 0 Å². The number of rotatable bonds is 5. The van der Waals surface area contributed by atoms with Crippen molar-refractivity contribution in [2.75, 3.05) is 0 Å². The first-order valence-corrected chi connectivity index (χ1v) is 6.78. The lowest BCUT2D eigenvalue weighted by Gasteiger charge is -2.19. The smallest absolute Gasteiger partial charge is 0.481 e. The van der Waals surface area contributed by atoms with E-state index in [1.54, 1.807) is 0 Å². The lowest BCUT2D eigenvalue weighted by molar-refractivity contribution is -0.137. The highest BCUT2D eigenvalue weighted by molar-refractivity contribution is 7.92. The quantitative estimate of drug-likeness (QED) is 0.906. The molecule has 1 N–H and O–H groups in total. The van der Waals surface area contributed by atoms with Crippen LogP contribution in [0.1, 0.15) is 23.7 Å². The molecule has 8 heteroatoms. The van der Waals surface area contributed by atoms with E-state index in [1.807, 2.05) is 0 Å². The van der Waals surface area contributed by atoms with Gasteiger partial charge in [0.25, 0.3) is 9.84 Å². The molecule has 0 aliphatic carbocycles. The highest BCUT2D eigenvalue weighted by Crippen LogP contribution is 2.38. The number of hydrogen-bond donors (Lipinski definition) is 1. The van der Waals surface area contributed by atoms with Crippen molar-refractivity contribution in [3.05, 3.63) is 35.9 Å². The van der Waals surface area contributed by atoms with Gasteiger partial charge in [-0.05, 0) is 12.0 Å². The molecule has 1 aromatic carbocycles. The Morgan fingerprint density at radius 3 is 2.16 bits per heavy atom. The summed E-state index contributed by atoms with van der Waals surface area (Å²) in [7, 11) is -5.45. The summed E-state index contributed by atoms with van der Waals surface area (Å²) in [5, 5.41) is 6.60. The number of carboxylic acid groups (broad SMARTS) is 1. The molecule has 0 heterocycles. The number of carboxylic acids is 1. The monoisotopic (exact) mass is 296 g/mol. The van der Waals surface area contributed by atoms with Crippen LogP contribution in [0.3, 0.4) is 0 Å². The first-order valence-electron chi connectivity index (χ1n) is 5.23. The van der Waals surface area contributed by atoms with Crippen LogP contribution in [0, 0.1) is 0 Å². The maximum absolute atomic E-state index is 12.6. The van der Waals surface area contributed by atoms with E-state index in [2.05, 4.69) is 0 Å². The molecule has 1 atom stereocenters. The molecule has 0 saturated carbocycles. The molecule has 0 aromatic heterocycles. The van der Waals surface area contributed by atoms with Crippen molar-refractivity contribution < 1.29 is 31.5 Å². The average molecular weight is 296 g/mol. The normalized spacial score (nSPS) is 14.1. The van der Waals surface area contributed by atoms with E-state index < -0.39 is 39.4 Å². The maximum Gasteiger partial charge on any atom is 0.498 e. The molecule has 0 saturated heterocycles. The third-order valence-corrected chi connectivity index (χ3v) is 4.39. The van der Waals surface area contributed by atoms with E-state index in [4.69, 9.17) is 5.11 Å². The largest absolute Gasteiger partial charge is 0.498 e. The standard InChI is InChI=1S/C11H11F3O4S/c12-11(13,14)19(17,18)9(6-7-10(15)16)8-4-2-1-3-5-8/h1-5,9H,6-7H2,(H,15,16)/t9-/m1/s1. The molecule has 0 aliphatic rings. The van der Waals surface area contributed by atoms with Crippen molar-refractivity contribution >= 4 is 15.8 Å². The number of halogens is 3. The number of carbonyl (C=O) groups is 1. The van der Waals surface area contributed by atoms with Crippen molar-refractivity contribution in [2.45, 2.75) is 23.6 Å². The molecule has 0 fully saturated rings. The summed E-state index contributed by atoms with van der Waals surface area (Å²) in [4.78, 5) is 10.4. The van der Waals surface area contributed by atoms with Crippen LogP contribution in [0.5, 0.6) is 0 Å². The minimum Gasteiger partial charge on any atom is -0.481 e. The first-order chi connectivity index (χ1) is 8.66. The Labute approximate surface area is 107 Å². The van der Waals surface area contributed by atoms with Gasteiger partial charge in [0.05, 0.1) is 5.25 Å². The lowest BCUT2D eigenvalue weighted by atomic mass is 10.1. The molecule has 0 radical (unpaired) electrons. The van der Waals surface area contributed by atoms with Gasteiger partial charge in [0.1, 0.15) is 0 Å². The first kappa shape index (κ1) is 15.5. The second kappa shape index (κ2) is 5.60.